The first-order valence-electron chi connectivity index (χ1n) is 6.04. The van der Waals surface area contributed by atoms with Gasteiger partial charge in [-0.15, -0.1) is 0 Å². The van der Waals surface area contributed by atoms with E-state index >= 15 is 0 Å². The Hall–Kier alpha value is -1.23. The van der Waals surface area contributed by atoms with Crippen LogP contribution in [-0.2, 0) is 9.53 Å². The van der Waals surface area contributed by atoms with E-state index in [9.17, 15) is 4.79 Å². The lowest BCUT2D eigenvalue weighted by molar-refractivity contribution is -0.141. The first kappa shape index (κ1) is 14.8. The van der Waals surface area contributed by atoms with Gasteiger partial charge < -0.3 is 4.74 Å². The Balaban J connectivity index is 3.27. The van der Waals surface area contributed by atoms with Gasteiger partial charge in [-0.1, -0.05) is 37.7 Å². The van der Waals surface area contributed by atoms with Gasteiger partial charge in [0.2, 0.25) is 0 Å². The summed E-state index contributed by atoms with van der Waals surface area (Å²) >= 11 is 0. The first-order chi connectivity index (χ1) is 7.77. The number of unbranched alkanes of at least 4 members (excludes halogenated alkanes) is 4. The highest BCUT2D eigenvalue weighted by atomic mass is 16.5. The molecule has 0 aromatic heterocycles. The SMILES string of the molecule is CCCC/C=C\C#CCCCCOC(C)=O. The summed E-state index contributed by atoms with van der Waals surface area (Å²) in [6, 6.07) is 0. The predicted octanol–water partition coefficient (Wildman–Crippen LogP) is 3.47. The van der Waals surface area contributed by atoms with E-state index in [0.717, 1.165) is 25.7 Å². The van der Waals surface area contributed by atoms with Crippen LogP contribution in [0.1, 0.15) is 52.4 Å². The summed E-state index contributed by atoms with van der Waals surface area (Å²) in [6.07, 6.45) is 10.4. The summed E-state index contributed by atoms with van der Waals surface area (Å²) in [7, 11) is 0. The minimum absolute atomic E-state index is 0.204. The molecule has 0 N–H and O–H groups in total. The van der Waals surface area contributed by atoms with E-state index in [1.807, 2.05) is 6.08 Å². The van der Waals surface area contributed by atoms with Gasteiger partial charge in [0.25, 0.3) is 0 Å². The van der Waals surface area contributed by atoms with Crippen LogP contribution in [0.4, 0.5) is 0 Å². The first-order valence-corrected chi connectivity index (χ1v) is 6.04. The molecular weight excluding hydrogens is 200 g/mol. The number of allylic oxidation sites excluding steroid dienone is 2. The minimum Gasteiger partial charge on any atom is -0.466 e. The van der Waals surface area contributed by atoms with Crippen LogP contribution in [-0.4, -0.2) is 12.6 Å². The fraction of sp³-hybridized carbons (Fsp3) is 0.643. The van der Waals surface area contributed by atoms with Gasteiger partial charge in [-0.25, -0.2) is 0 Å². The van der Waals surface area contributed by atoms with Crippen molar-refractivity contribution >= 4 is 5.97 Å². The van der Waals surface area contributed by atoms with Crippen LogP contribution in [0.25, 0.3) is 0 Å². The molecule has 0 aliphatic rings. The van der Waals surface area contributed by atoms with E-state index in [1.165, 1.54) is 19.8 Å². The quantitative estimate of drug-likeness (QED) is 0.374. The molecule has 2 nitrogen and oxygen atoms in total. The summed E-state index contributed by atoms with van der Waals surface area (Å²) in [5, 5.41) is 0. The van der Waals surface area contributed by atoms with Gasteiger partial charge in [0.05, 0.1) is 6.61 Å². The molecule has 0 aromatic carbocycles. The van der Waals surface area contributed by atoms with Gasteiger partial charge in [0.15, 0.2) is 0 Å². The number of rotatable bonds is 7. The number of carbonyl (C=O) groups is 1. The normalized spacial score (nSPS) is 9.88. The highest BCUT2D eigenvalue weighted by Gasteiger charge is 1.90. The standard InChI is InChI=1S/C14H22O2/c1-3-4-5-6-7-8-9-10-11-12-13-16-14(2)15/h6-7H,3-5,10-13H2,1-2H3/b7-6-. The average Bonchev–Trinajstić information content (AvgIpc) is 2.25. The molecule has 0 saturated heterocycles. The topological polar surface area (TPSA) is 26.3 Å². The van der Waals surface area contributed by atoms with E-state index in [1.54, 1.807) is 0 Å². The van der Waals surface area contributed by atoms with E-state index in [-0.39, 0.29) is 5.97 Å². The van der Waals surface area contributed by atoms with Crippen molar-refractivity contribution in [2.24, 2.45) is 0 Å². The molecule has 0 fully saturated rings. The molecule has 16 heavy (non-hydrogen) atoms. The van der Waals surface area contributed by atoms with Gasteiger partial charge in [-0.2, -0.15) is 0 Å². The zero-order valence-corrected chi connectivity index (χ0v) is 10.4. The average molecular weight is 222 g/mol. The second-order valence-electron chi connectivity index (χ2n) is 3.66. The molecule has 0 rings (SSSR count). The van der Waals surface area contributed by atoms with Crippen LogP contribution < -0.4 is 0 Å². The molecule has 0 bridgehead atoms. The Morgan fingerprint density at radius 3 is 2.81 bits per heavy atom. The molecule has 0 aliphatic heterocycles. The third kappa shape index (κ3) is 12.8. The lowest BCUT2D eigenvalue weighted by Gasteiger charge is -1.98. The maximum Gasteiger partial charge on any atom is 0.302 e. The van der Waals surface area contributed by atoms with E-state index in [4.69, 9.17) is 4.74 Å². The van der Waals surface area contributed by atoms with Crippen molar-refractivity contribution in [1.29, 1.82) is 0 Å². The van der Waals surface area contributed by atoms with E-state index in [2.05, 4.69) is 24.8 Å². The van der Waals surface area contributed by atoms with Crippen molar-refractivity contribution in [1.82, 2.24) is 0 Å². The summed E-state index contributed by atoms with van der Waals surface area (Å²) in [6.45, 7) is 4.13. The van der Waals surface area contributed by atoms with Crippen molar-refractivity contribution < 1.29 is 9.53 Å². The van der Waals surface area contributed by atoms with Gasteiger partial charge in [-0.05, 0) is 25.3 Å². The van der Waals surface area contributed by atoms with Crippen molar-refractivity contribution in [2.45, 2.75) is 52.4 Å². The van der Waals surface area contributed by atoms with Crippen LogP contribution in [0, 0.1) is 11.8 Å². The molecule has 0 spiro atoms. The maximum absolute atomic E-state index is 10.4. The fourth-order valence-corrected chi connectivity index (χ4v) is 1.13. The molecule has 0 saturated carbocycles. The number of hydrogen-bond acceptors (Lipinski definition) is 2. The minimum atomic E-state index is -0.204. The highest BCUT2D eigenvalue weighted by molar-refractivity contribution is 5.65. The molecule has 0 atom stereocenters. The smallest absolute Gasteiger partial charge is 0.302 e. The molecular formula is C14H22O2. The molecule has 0 aliphatic carbocycles. The van der Waals surface area contributed by atoms with E-state index in [0.29, 0.717) is 6.61 Å². The number of carbonyl (C=O) groups excluding carboxylic acids is 1. The number of hydrogen-bond donors (Lipinski definition) is 0. The fourth-order valence-electron chi connectivity index (χ4n) is 1.13. The maximum atomic E-state index is 10.4. The van der Waals surface area contributed by atoms with Crippen LogP contribution in [0.5, 0.6) is 0 Å². The van der Waals surface area contributed by atoms with Gasteiger partial charge in [0, 0.05) is 13.3 Å². The highest BCUT2D eigenvalue weighted by Crippen LogP contribution is 1.96. The van der Waals surface area contributed by atoms with Crippen LogP contribution >= 0.6 is 0 Å². The van der Waals surface area contributed by atoms with Crippen LogP contribution in [0.15, 0.2) is 12.2 Å². The Bertz CT molecular complexity index is 256. The molecule has 90 valence electrons. The second kappa shape index (κ2) is 11.8. The van der Waals surface area contributed by atoms with Gasteiger partial charge in [-0.3, -0.25) is 4.79 Å². The Labute approximate surface area is 99.1 Å². The zero-order chi connectivity index (χ0) is 12.1. The van der Waals surface area contributed by atoms with Crippen LogP contribution in [0.2, 0.25) is 0 Å². The number of ether oxygens (including phenoxy) is 1. The Morgan fingerprint density at radius 1 is 1.31 bits per heavy atom. The lowest BCUT2D eigenvalue weighted by Crippen LogP contribution is -1.99. The monoisotopic (exact) mass is 222 g/mol. The zero-order valence-electron chi connectivity index (χ0n) is 10.4. The summed E-state index contributed by atoms with van der Waals surface area (Å²) in [4.78, 5) is 10.4. The summed E-state index contributed by atoms with van der Waals surface area (Å²) < 4.78 is 4.81. The van der Waals surface area contributed by atoms with Crippen molar-refractivity contribution in [3.63, 3.8) is 0 Å². The Morgan fingerprint density at radius 2 is 2.12 bits per heavy atom. The summed E-state index contributed by atoms with van der Waals surface area (Å²) in [5.74, 6) is 5.88. The van der Waals surface area contributed by atoms with Crippen molar-refractivity contribution in [3.8, 4) is 11.8 Å². The molecule has 0 unspecified atom stereocenters. The van der Waals surface area contributed by atoms with Crippen LogP contribution in [0.3, 0.4) is 0 Å². The lowest BCUT2D eigenvalue weighted by atomic mass is 10.2. The van der Waals surface area contributed by atoms with Crippen molar-refractivity contribution in [3.05, 3.63) is 12.2 Å². The third-order valence-corrected chi connectivity index (χ3v) is 2.03. The number of esters is 1. The summed E-state index contributed by atoms with van der Waals surface area (Å²) in [5.41, 5.74) is 0. The van der Waals surface area contributed by atoms with Gasteiger partial charge >= 0.3 is 5.97 Å². The molecule has 0 radical (unpaired) electrons. The Kier molecular flexibility index (Phi) is 10.9. The molecule has 0 amide bonds. The predicted molar refractivity (Wildman–Crippen MR) is 66.9 cm³/mol. The second-order valence-corrected chi connectivity index (χ2v) is 3.66. The molecule has 0 aromatic rings. The van der Waals surface area contributed by atoms with Gasteiger partial charge in [0.1, 0.15) is 0 Å². The largest absolute Gasteiger partial charge is 0.466 e. The molecule has 0 heterocycles. The van der Waals surface area contributed by atoms with Crippen molar-refractivity contribution in [2.75, 3.05) is 6.61 Å². The van der Waals surface area contributed by atoms with E-state index < -0.39 is 0 Å². The molecule has 2 heteroatoms. The third-order valence-electron chi connectivity index (χ3n) is 2.03.